The van der Waals surface area contributed by atoms with E-state index in [1.807, 2.05) is 0 Å². The summed E-state index contributed by atoms with van der Waals surface area (Å²) in [7, 11) is 0. The molecule has 3 atom stereocenters. The molecule has 0 aromatic heterocycles. The molecule has 0 nitrogen and oxygen atoms in total. The van der Waals surface area contributed by atoms with Crippen LogP contribution in [-0.2, 0) is 0 Å². The molecule has 0 aromatic rings. The molecule has 0 aliphatic heterocycles. The van der Waals surface area contributed by atoms with Crippen LogP contribution in [0.2, 0.25) is 0 Å². The number of hydrogen-bond donors (Lipinski definition) is 0. The van der Waals surface area contributed by atoms with Crippen LogP contribution in [-0.4, -0.2) is 10.8 Å². The van der Waals surface area contributed by atoms with Gasteiger partial charge in [-0.05, 0) is 25.2 Å². The first kappa shape index (κ1) is 9.67. The fourth-order valence-corrected chi connectivity index (χ4v) is 2.14. The van der Waals surface area contributed by atoms with Gasteiger partial charge in [-0.15, -0.1) is 23.2 Å². The molecule has 66 valence electrons. The van der Waals surface area contributed by atoms with E-state index < -0.39 is 0 Å². The maximum atomic E-state index is 6.08. The summed E-state index contributed by atoms with van der Waals surface area (Å²) >= 11 is 12.1. The van der Waals surface area contributed by atoms with Crippen molar-refractivity contribution in [3.63, 3.8) is 0 Å². The van der Waals surface area contributed by atoms with E-state index in [0.717, 1.165) is 18.8 Å². The van der Waals surface area contributed by atoms with Crippen molar-refractivity contribution >= 4 is 23.2 Å². The molecule has 0 saturated heterocycles. The van der Waals surface area contributed by atoms with Gasteiger partial charge in [-0.1, -0.05) is 19.8 Å². The summed E-state index contributed by atoms with van der Waals surface area (Å²) in [6, 6.07) is 0. The second-order valence-electron chi connectivity index (χ2n) is 3.65. The molecule has 0 amide bonds. The van der Waals surface area contributed by atoms with Crippen molar-refractivity contribution in [2.75, 3.05) is 0 Å². The van der Waals surface area contributed by atoms with Crippen molar-refractivity contribution < 1.29 is 0 Å². The highest BCUT2D eigenvalue weighted by Crippen LogP contribution is 2.28. The summed E-state index contributed by atoms with van der Waals surface area (Å²) in [6.07, 6.45) is 6.01. The molecule has 0 N–H and O–H groups in total. The minimum atomic E-state index is 0.208. The van der Waals surface area contributed by atoms with E-state index >= 15 is 0 Å². The van der Waals surface area contributed by atoms with Gasteiger partial charge in [0.2, 0.25) is 0 Å². The first-order chi connectivity index (χ1) is 5.20. The van der Waals surface area contributed by atoms with E-state index in [2.05, 4.69) is 6.92 Å². The fraction of sp³-hybridized carbons (Fsp3) is 1.00. The molecule has 1 saturated carbocycles. The molecule has 1 unspecified atom stereocenters. The highest BCUT2D eigenvalue weighted by molar-refractivity contribution is 6.29. The topological polar surface area (TPSA) is 0 Å². The lowest BCUT2D eigenvalue weighted by molar-refractivity contribution is 0.410. The van der Waals surface area contributed by atoms with Crippen LogP contribution in [0.25, 0.3) is 0 Å². The van der Waals surface area contributed by atoms with Gasteiger partial charge in [0, 0.05) is 10.8 Å². The minimum absolute atomic E-state index is 0.208. The van der Waals surface area contributed by atoms with E-state index in [4.69, 9.17) is 23.2 Å². The Bertz CT molecular complexity index is 114. The lowest BCUT2D eigenvalue weighted by Gasteiger charge is -2.22. The van der Waals surface area contributed by atoms with Gasteiger partial charge >= 0.3 is 0 Å². The average Bonchev–Trinajstić information content (AvgIpc) is 1.98. The summed E-state index contributed by atoms with van der Waals surface area (Å²) in [5.41, 5.74) is 0. The highest BCUT2D eigenvalue weighted by Gasteiger charge is 2.20. The third-order valence-electron chi connectivity index (χ3n) is 2.50. The van der Waals surface area contributed by atoms with Gasteiger partial charge in [0.25, 0.3) is 0 Å². The number of hydrogen-bond acceptors (Lipinski definition) is 0. The summed E-state index contributed by atoms with van der Waals surface area (Å²) in [6.45, 7) is 2.30. The second kappa shape index (κ2) is 4.57. The molecule has 0 aromatic carbocycles. The number of rotatable bonds is 0. The van der Waals surface area contributed by atoms with E-state index in [-0.39, 0.29) is 10.8 Å². The zero-order valence-corrected chi connectivity index (χ0v) is 8.54. The summed E-state index contributed by atoms with van der Waals surface area (Å²) in [4.78, 5) is 0. The predicted octanol–water partition coefficient (Wildman–Crippen LogP) is 3.80. The molecule has 1 rings (SSSR count). The van der Waals surface area contributed by atoms with Crippen LogP contribution in [0.1, 0.15) is 39.0 Å². The van der Waals surface area contributed by atoms with Crippen LogP contribution in [0.15, 0.2) is 0 Å². The van der Waals surface area contributed by atoms with Gasteiger partial charge < -0.3 is 0 Å². The molecule has 11 heavy (non-hydrogen) atoms. The van der Waals surface area contributed by atoms with Crippen LogP contribution >= 0.6 is 23.2 Å². The van der Waals surface area contributed by atoms with Crippen molar-refractivity contribution in [3.05, 3.63) is 0 Å². The lowest BCUT2D eigenvalue weighted by Crippen LogP contribution is -2.18. The maximum absolute atomic E-state index is 6.08. The Morgan fingerprint density at radius 3 is 2.27 bits per heavy atom. The smallest absolute Gasteiger partial charge is 0.0499 e. The van der Waals surface area contributed by atoms with Gasteiger partial charge in [-0.25, -0.2) is 0 Å². The molecule has 2 heteroatoms. The first-order valence-corrected chi connectivity index (χ1v) is 5.35. The SMILES string of the molecule is CC1CCC[C@H](Cl)[C@H](Cl)CC1. The van der Waals surface area contributed by atoms with Crippen molar-refractivity contribution in [1.82, 2.24) is 0 Å². The monoisotopic (exact) mass is 194 g/mol. The van der Waals surface area contributed by atoms with Crippen molar-refractivity contribution in [1.29, 1.82) is 0 Å². The van der Waals surface area contributed by atoms with Gasteiger partial charge in [0.05, 0.1) is 0 Å². The van der Waals surface area contributed by atoms with E-state index in [1.54, 1.807) is 0 Å². The average molecular weight is 195 g/mol. The van der Waals surface area contributed by atoms with Crippen LogP contribution in [0.5, 0.6) is 0 Å². The molecule has 0 radical (unpaired) electrons. The standard InChI is InChI=1S/C9H16Cl2/c1-7-3-2-4-8(10)9(11)6-5-7/h7-9H,2-6H2,1H3/t7?,8-,9+/m0/s1. The summed E-state index contributed by atoms with van der Waals surface area (Å²) in [5.74, 6) is 0.848. The number of alkyl halides is 2. The highest BCUT2D eigenvalue weighted by atomic mass is 35.5. The molecule has 0 heterocycles. The zero-order chi connectivity index (χ0) is 8.27. The third kappa shape index (κ3) is 3.21. The van der Waals surface area contributed by atoms with Crippen molar-refractivity contribution in [2.24, 2.45) is 5.92 Å². The Morgan fingerprint density at radius 1 is 0.909 bits per heavy atom. The van der Waals surface area contributed by atoms with Crippen LogP contribution in [0.4, 0.5) is 0 Å². The van der Waals surface area contributed by atoms with Crippen molar-refractivity contribution in [2.45, 2.75) is 49.8 Å². The predicted molar refractivity (Wildman–Crippen MR) is 51.5 cm³/mol. The summed E-state index contributed by atoms with van der Waals surface area (Å²) in [5, 5.41) is 0.420. The van der Waals surface area contributed by atoms with E-state index in [9.17, 15) is 0 Å². The van der Waals surface area contributed by atoms with Crippen LogP contribution in [0, 0.1) is 5.92 Å². The van der Waals surface area contributed by atoms with Crippen molar-refractivity contribution in [3.8, 4) is 0 Å². The van der Waals surface area contributed by atoms with Crippen LogP contribution in [0.3, 0.4) is 0 Å². The minimum Gasteiger partial charge on any atom is -0.121 e. The molecule has 0 bridgehead atoms. The van der Waals surface area contributed by atoms with E-state index in [0.29, 0.717) is 0 Å². The molecular weight excluding hydrogens is 179 g/mol. The Kier molecular flexibility index (Phi) is 4.01. The molecule has 0 spiro atoms. The largest absolute Gasteiger partial charge is 0.121 e. The van der Waals surface area contributed by atoms with Gasteiger partial charge in [-0.2, -0.15) is 0 Å². The number of halogens is 2. The second-order valence-corrected chi connectivity index (χ2v) is 4.77. The molecule has 1 aliphatic carbocycles. The van der Waals surface area contributed by atoms with Gasteiger partial charge in [0.15, 0.2) is 0 Å². The zero-order valence-electron chi connectivity index (χ0n) is 7.02. The third-order valence-corrected chi connectivity index (χ3v) is 3.68. The first-order valence-electron chi connectivity index (χ1n) is 4.48. The molecule has 1 fully saturated rings. The van der Waals surface area contributed by atoms with Gasteiger partial charge in [0.1, 0.15) is 0 Å². The Hall–Kier alpha value is 0.580. The summed E-state index contributed by atoms with van der Waals surface area (Å²) < 4.78 is 0. The normalized spacial score (nSPS) is 41.2. The Balaban J connectivity index is 2.34. The Labute approximate surface area is 79.3 Å². The van der Waals surface area contributed by atoms with E-state index in [1.165, 1.54) is 19.3 Å². The lowest BCUT2D eigenvalue weighted by atomic mass is 9.92. The molecular formula is C9H16Cl2. The van der Waals surface area contributed by atoms with Crippen LogP contribution < -0.4 is 0 Å². The quantitative estimate of drug-likeness (QED) is 0.515. The Morgan fingerprint density at radius 2 is 1.55 bits per heavy atom. The molecule has 1 aliphatic rings. The fourth-order valence-electron chi connectivity index (χ4n) is 1.61. The van der Waals surface area contributed by atoms with Gasteiger partial charge in [-0.3, -0.25) is 0 Å². The maximum Gasteiger partial charge on any atom is 0.0499 e.